The van der Waals surface area contributed by atoms with Gasteiger partial charge in [0.05, 0.1) is 13.2 Å². The van der Waals surface area contributed by atoms with Crippen LogP contribution in [0.4, 0.5) is 0 Å². The summed E-state index contributed by atoms with van der Waals surface area (Å²) in [6, 6.07) is 8.18. The van der Waals surface area contributed by atoms with Crippen LogP contribution in [0.25, 0.3) is 0 Å². The maximum atomic E-state index is 10.3. The normalized spacial score (nSPS) is 24.4. The molecule has 20 heavy (non-hydrogen) atoms. The zero-order valence-electron chi connectivity index (χ0n) is 12.3. The van der Waals surface area contributed by atoms with Crippen LogP contribution in [-0.2, 0) is 0 Å². The van der Waals surface area contributed by atoms with Crippen molar-refractivity contribution < 1.29 is 9.84 Å². The third-order valence-corrected chi connectivity index (χ3v) is 5.25. The molecule has 0 saturated heterocycles. The first-order valence-corrected chi connectivity index (χ1v) is 8.61. The van der Waals surface area contributed by atoms with E-state index in [1.807, 2.05) is 36.0 Å². The van der Waals surface area contributed by atoms with E-state index in [1.165, 1.54) is 25.7 Å². The van der Waals surface area contributed by atoms with Gasteiger partial charge in [0.15, 0.2) is 0 Å². The van der Waals surface area contributed by atoms with E-state index in [0.717, 1.165) is 11.3 Å². The number of hydrogen-bond donors (Lipinski definition) is 2. The summed E-state index contributed by atoms with van der Waals surface area (Å²) in [5.74, 6) is 0.823. The second-order valence-corrected chi connectivity index (χ2v) is 6.44. The lowest BCUT2D eigenvalue weighted by molar-refractivity contribution is 0.166. The number of ether oxygens (including phenoxy) is 1. The largest absolute Gasteiger partial charge is 0.497 e. The van der Waals surface area contributed by atoms with Gasteiger partial charge in [-0.05, 0) is 36.8 Å². The van der Waals surface area contributed by atoms with Crippen molar-refractivity contribution in [1.29, 1.82) is 0 Å². The molecule has 1 saturated carbocycles. The van der Waals surface area contributed by atoms with Crippen LogP contribution >= 0.6 is 11.8 Å². The molecule has 0 aromatic heterocycles. The van der Waals surface area contributed by atoms with Crippen LogP contribution in [0.2, 0.25) is 0 Å². The van der Waals surface area contributed by atoms with Gasteiger partial charge in [-0.25, -0.2) is 0 Å². The van der Waals surface area contributed by atoms with Gasteiger partial charge in [-0.15, -0.1) is 0 Å². The molecule has 4 heteroatoms. The Balaban J connectivity index is 1.85. The molecule has 112 valence electrons. The topological polar surface area (TPSA) is 41.5 Å². The van der Waals surface area contributed by atoms with Crippen molar-refractivity contribution in [1.82, 2.24) is 5.32 Å². The standard InChI is InChI=1S/C16H25NO2S/c1-19-13-9-7-12(8-10-13)15(18)11-17-14-5-3-4-6-16(14)20-2/h7-10,14-18H,3-6,11H2,1-2H3. The molecule has 0 bridgehead atoms. The molecule has 2 rings (SSSR count). The molecule has 2 N–H and O–H groups in total. The highest BCUT2D eigenvalue weighted by molar-refractivity contribution is 7.99. The summed E-state index contributed by atoms with van der Waals surface area (Å²) in [5.41, 5.74) is 0.940. The van der Waals surface area contributed by atoms with Crippen molar-refractivity contribution >= 4 is 11.8 Å². The number of rotatable bonds is 6. The Morgan fingerprint density at radius 3 is 2.65 bits per heavy atom. The monoisotopic (exact) mass is 295 g/mol. The van der Waals surface area contributed by atoms with E-state index in [9.17, 15) is 5.11 Å². The minimum absolute atomic E-state index is 0.453. The fourth-order valence-corrected chi connectivity index (χ4v) is 3.78. The van der Waals surface area contributed by atoms with Crippen molar-refractivity contribution in [2.75, 3.05) is 19.9 Å². The molecule has 3 unspecified atom stereocenters. The molecule has 1 fully saturated rings. The van der Waals surface area contributed by atoms with Crippen LogP contribution in [0.1, 0.15) is 37.4 Å². The minimum atomic E-state index is -0.453. The van der Waals surface area contributed by atoms with Gasteiger partial charge in [0.2, 0.25) is 0 Å². The average Bonchev–Trinajstić information content (AvgIpc) is 2.53. The summed E-state index contributed by atoms with van der Waals surface area (Å²) in [4.78, 5) is 0. The average molecular weight is 295 g/mol. The molecule has 3 atom stereocenters. The Bertz CT molecular complexity index is 396. The van der Waals surface area contributed by atoms with Crippen LogP contribution < -0.4 is 10.1 Å². The summed E-state index contributed by atoms with van der Waals surface area (Å²) in [5, 5.41) is 14.5. The number of nitrogens with one attached hydrogen (secondary N) is 1. The van der Waals surface area contributed by atoms with E-state index < -0.39 is 6.10 Å². The predicted molar refractivity (Wildman–Crippen MR) is 85.5 cm³/mol. The maximum absolute atomic E-state index is 10.3. The highest BCUT2D eigenvalue weighted by Crippen LogP contribution is 2.27. The van der Waals surface area contributed by atoms with Crippen molar-refractivity contribution in [3.8, 4) is 5.75 Å². The second kappa shape index (κ2) is 7.91. The summed E-state index contributed by atoms with van der Waals surface area (Å²) >= 11 is 1.95. The molecule has 1 aliphatic rings. The highest BCUT2D eigenvalue weighted by Gasteiger charge is 2.24. The Morgan fingerprint density at radius 2 is 2.00 bits per heavy atom. The Morgan fingerprint density at radius 1 is 1.30 bits per heavy atom. The number of aliphatic hydroxyl groups excluding tert-OH is 1. The number of methoxy groups -OCH3 is 1. The number of hydrogen-bond acceptors (Lipinski definition) is 4. The summed E-state index contributed by atoms with van der Waals surface area (Å²) < 4.78 is 5.13. The Labute approximate surface area is 126 Å². The number of benzene rings is 1. The van der Waals surface area contributed by atoms with Gasteiger partial charge in [0.1, 0.15) is 5.75 Å². The van der Waals surface area contributed by atoms with Crippen LogP contribution in [0.3, 0.4) is 0 Å². The van der Waals surface area contributed by atoms with Gasteiger partial charge >= 0.3 is 0 Å². The highest BCUT2D eigenvalue weighted by atomic mass is 32.2. The quantitative estimate of drug-likeness (QED) is 0.846. The third kappa shape index (κ3) is 4.14. The van der Waals surface area contributed by atoms with Crippen LogP contribution in [0.5, 0.6) is 5.75 Å². The van der Waals surface area contributed by atoms with Crippen LogP contribution in [0.15, 0.2) is 24.3 Å². The second-order valence-electron chi connectivity index (χ2n) is 5.36. The molecule has 0 spiro atoms. The zero-order valence-corrected chi connectivity index (χ0v) is 13.2. The van der Waals surface area contributed by atoms with Crippen molar-refractivity contribution in [3.05, 3.63) is 29.8 Å². The molecular formula is C16H25NO2S. The first-order valence-electron chi connectivity index (χ1n) is 7.32. The lowest BCUT2D eigenvalue weighted by Gasteiger charge is -2.31. The van der Waals surface area contributed by atoms with Crippen LogP contribution in [0, 0.1) is 0 Å². The van der Waals surface area contributed by atoms with E-state index in [2.05, 4.69) is 11.6 Å². The Hall–Kier alpha value is -0.710. The predicted octanol–water partition coefficient (Wildman–Crippen LogP) is 2.99. The SMILES string of the molecule is COc1ccc(C(O)CNC2CCCCC2SC)cc1. The van der Waals surface area contributed by atoms with Gasteiger partial charge in [-0.2, -0.15) is 11.8 Å². The van der Waals surface area contributed by atoms with E-state index >= 15 is 0 Å². The molecule has 0 radical (unpaired) electrons. The first-order chi connectivity index (χ1) is 9.74. The molecule has 0 aliphatic heterocycles. The Kier molecular flexibility index (Phi) is 6.20. The lowest BCUT2D eigenvalue weighted by atomic mass is 9.94. The molecule has 1 aliphatic carbocycles. The zero-order chi connectivity index (χ0) is 14.4. The molecule has 0 heterocycles. The maximum Gasteiger partial charge on any atom is 0.118 e. The van der Waals surface area contributed by atoms with E-state index in [0.29, 0.717) is 17.8 Å². The summed E-state index contributed by atoms with van der Waals surface area (Å²) in [7, 11) is 1.65. The minimum Gasteiger partial charge on any atom is -0.497 e. The molecular weight excluding hydrogens is 270 g/mol. The molecule has 0 amide bonds. The summed E-state index contributed by atoms with van der Waals surface area (Å²) in [6.45, 7) is 0.619. The van der Waals surface area contributed by atoms with Gasteiger partial charge < -0.3 is 15.2 Å². The fourth-order valence-electron chi connectivity index (χ4n) is 2.82. The van der Waals surface area contributed by atoms with Crippen molar-refractivity contribution in [2.24, 2.45) is 0 Å². The number of aliphatic hydroxyl groups is 1. The van der Waals surface area contributed by atoms with E-state index in [4.69, 9.17) is 4.74 Å². The van der Waals surface area contributed by atoms with E-state index in [-0.39, 0.29) is 0 Å². The van der Waals surface area contributed by atoms with E-state index in [1.54, 1.807) is 7.11 Å². The smallest absolute Gasteiger partial charge is 0.118 e. The molecule has 1 aromatic rings. The molecule has 3 nitrogen and oxygen atoms in total. The van der Waals surface area contributed by atoms with Gasteiger partial charge in [-0.1, -0.05) is 25.0 Å². The van der Waals surface area contributed by atoms with Gasteiger partial charge in [0, 0.05) is 17.8 Å². The van der Waals surface area contributed by atoms with Gasteiger partial charge in [-0.3, -0.25) is 0 Å². The van der Waals surface area contributed by atoms with Gasteiger partial charge in [0.25, 0.3) is 0 Å². The third-order valence-electron chi connectivity index (χ3n) is 4.08. The van der Waals surface area contributed by atoms with Crippen LogP contribution in [-0.4, -0.2) is 36.3 Å². The number of thioether (sulfide) groups is 1. The summed E-state index contributed by atoms with van der Waals surface area (Å²) in [6.07, 6.45) is 6.88. The first kappa shape index (κ1) is 15.7. The lowest BCUT2D eigenvalue weighted by Crippen LogP contribution is -2.42. The van der Waals surface area contributed by atoms with Crippen molar-refractivity contribution in [2.45, 2.75) is 43.1 Å². The van der Waals surface area contributed by atoms with Crippen molar-refractivity contribution in [3.63, 3.8) is 0 Å². The molecule has 1 aromatic carbocycles. The fraction of sp³-hybridized carbons (Fsp3) is 0.625.